The standard InChI is InChI=1S/C19H16N2O4S/c1-12(25-18(24)14-8-5-9-15(22)10-14)17(23)21-19-20-16(11-26-19)13-6-3-2-4-7-13/h2-12,22H,1H3,(H,20,21,23). The predicted octanol–water partition coefficient (Wildman–Crippen LogP) is 3.70. The van der Waals surface area contributed by atoms with E-state index in [1.165, 1.54) is 42.5 Å². The van der Waals surface area contributed by atoms with E-state index in [0.29, 0.717) is 5.13 Å². The van der Waals surface area contributed by atoms with E-state index in [-0.39, 0.29) is 11.3 Å². The van der Waals surface area contributed by atoms with Crippen molar-refractivity contribution in [2.24, 2.45) is 0 Å². The van der Waals surface area contributed by atoms with Crippen LogP contribution in [0, 0.1) is 0 Å². The van der Waals surface area contributed by atoms with Crippen LogP contribution in [-0.2, 0) is 9.53 Å². The number of phenols is 1. The molecule has 6 nitrogen and oxygen atoms in total. The summed E-state index contributed by atoms with van der Waals surface area (Å²) >= 11 is 1.29. The fourth-order valence-corrected chi connectivity index (χ4v) is 2.92. The minimum atomic E-state index is -1.01. The second-order valence-electron chi connectivity index (χ2n) is 5.49. The lowest BCUT2D eigenvalue weighted by Gasteiger charge is -2.12. The van der Waals surface area contributed by atoms with Crippen LogP contribution in [0.2, 0.25) is 0 Å². The van der Waals surface area contributed by atoms with Gasteiger partial charge in [0.05, 0.1) is 11.3 Å². The number of anilines is 1. The zero-order valence-electron chi connectivity index (χ0n) is 13.9. The average Bonchev–Trinajstić information content (AvgIpc) is 3.11. The smallest absolute Gasteiger partial charge is 0.339 e. The van der Waals surface area contributed by atoms with Gasteiger partial charge < -0.3 is 9.84 Å². The minimum absolute atomic E-state index is 0.0484. The van der Waals surface area contributed by atoms with Gasteiger partial charge in [-0.3, -0.25) is 10.1 Å². The summed E-state index contributed by atoms with van der Waals surface area (Å²) < 4.78 is 5.13. The molecule has 7 heteroatoms. The molecule has 2 N–H and O–H groups in total. The lowest BCUT2D eigenvalue weighted by atomic mass is 10.2. The molecule has 26 heavy (non-hydrogen) atoms. The summed E-state index contributed by atoms with van der Waals surface area (Å²) in [4.78, 5) is 28.6. The number of rotatable bonds is 5. The van der Waals surface area contributed by atoms with Gasteiger partial charge in [0.2, 0.25) is 0 Å². The van der Waals surface area contributed by atoms with Crippen molar-refractivity contribution in [3.63, 3.8) is 0 Å². The summed E-state index contributed by atoms with van der Waals surface area (Å²) in [6.07, 6.45) is -1.01. The lowest BCUT2D eigenvalue weighted by Crippen LogP contribution is -2.29. The Bertz CT molecular complexity index is 924. The Hall–Kier alpha value is -3.19. The second kappa shape index (κ2) is 7.79. The monoisotopic (exact) mass is 368 g/mol. The van der Waals surface area contributed by atoms with Gasteiger partial charge >= 0.3 is 5.97 Å². The van der Waals surface area contributed by atoms with Crippen molar-refractivity contribution in [1.29, 1.82) is 0 Å². The number of thiazole rings is 1. The fraction of sp³-hybridized carbons (Fsp3) is 0.105. The average molecular weight is 368 g/mol. The number of nitrogens with one attached hydrogen (secondary N) is 1. The molecule has 2 aromatic carbocycles. The van der Waals surface area contributed by atoms with Crippen LogP contribution in [-0.4, -0.2) is 28.1 Å². The number of ether oxygens (including phenoxy) is 1. The van der Waals surface area contributed by atoms with E-state index in [1.807, 2.05) is 35.7 Å². The third kappa shape index (κ3) is 4.25. The molecule has 0 aliphatic rings. The molecule has 0 spiro atoms. The summed E-state index contributed by atoms with van der Waals surface area (Å²) in [5, 5.41) is 14.3. The van der Waals surface area contributed by atoms with Gasteiger partial charge in [0.15, 0.2) is 11.2 Å². The molecule has 1 aromatic heterocycles. The molecule has 0 bridgehead atoms. The van der Waals surface area contributed by atoms with Gasteiger partial charge in [0.25, 0.3) is 5.91 Å². The van der Waals surface area contributed by atoms with Crippen LogP contribution in [0.5, 0.6) is 5.75 Å². The number of hydrogen-bond acceptors (Lipinski definition) is 6. The largest absolute Gasteiger partial charge is 0.508 e. The first-order valence-electron chi connectivity index (χ1n) is 7.85. The summed E-state index contributed by atoms with van der Waals surface area (Å²) in [7, 11) is 0. The molecule has 3 aromatic rings. The van der Waals surface area contributed by atoms with Gasteiger partial charge in [0.1, 0.15) is 5.75 Å². The minimum Gasteiger partial charge on any atom is -0.508 e. The Morgan fingerprint density at radius 2 is 1.92 bits per heavy atom. The highest BCUT2D eigenvalue weighted by atomic mass is 32.1. The SMILES string of the molecule is CC(OC(=O)c1cccc(O)c1)C(=O)Nc1nc(-c2ccccc2)cs1. The van der Waals surface area contributed by atoms with Crippen molar-refractivity contribution in [2.75, 3.05) is 5.32 Å². The van der Waals surface area contributed by atoms with Crippen molar-refractivity contribution in [3.05, 3.63) is 65.5 Å². The molecule has 1 atom stereocenters. The van der Waals surface area contributed by atoms with Crippen molar-refractivity contribution in [2.45, 2.75) is 13.0 Å². The van der Waals surface area contributed by atoms with Gasteiger partial charge in [-0.05, 0) is 25.1 Å². The van der Waals surface area contributed by atoms with E-state index >= 15 is 0 Å². The molecule has 3 rings (SSSR count). The summed E-state index contributed by atoms with van der Waals surface area (Å²) in [5.74, 6) is -1.21. The molecule has 0 radical (unpaired) electrons. The van der Waals surface area contributed by atoms with E-state index in [2.05, 4.69) is 10.3 Å². The molecule has 1 amide bonds. The van der Waals surface area contributed by atoms with Crippen LogP contribution >= 0.6 is 11.3 Å². The third-order valence-electron chi connectivity index (χ3n) is 3.54. The topological polar surface area (TPSA) is 88.5 Å². The zero-order chi connectivity index (χ0) is 18.5. The van der Waals surface area contributed by atoms with E-state index in [4.69, 9.17) is 4.74 Å². The van der Waals surface area contributed by atoms with Crippen molar-refractivity contribution in [1.82, 2.24) is 4.98 Å². The lowest BCUT2D eigenvalue weighted by molar-refractivity contribution is -0.123. The Morgan fingerprint density at radius 1 is 1.15 bits per heavy atom. The van der Waals surface area contributed by atoms with Gasteiger partial charge in [-0.1, -0.05) is 36.4 Å². The van der Waals surface area contributed by atoms with Crippen LogP contribution in [0.15, 0.2) is 60.0 Å². The van der Waals surface area contributed by atoms with E-state index < -0.39 is 18.0 Å². The maximum absolute atomic E-state index is 12.2. The summed E-state index contributed by atoms with van der Waals surface area (Å²) in [6, 6.07) is 15.4. The van der Waals surface area contributed by atoms with Crippen molar-refractivity contribution in [3.8, 4) is 17.0 Å². The van der Waals surface area contributed by atoms with Crippen LogP contribution in [0.4, 0.5) is 5.13 Å². The highest BCUT2D eigenvalue weighted by molar-refractivity contribution is 7.14. The quantitative estimate of drug-likeness (QED) is 0.671. The normalized spacial score (nSPS) is 11.6. The van der Waals surface area contributed by atoms with Gasteiger partial charge in [-0.25, -0.2) is 9.78 Å². The number of benzene rings is 2. The van der Waals surface area contributed by atoms with Crippen molar-refractivity contribution < 1.29 is 19.4 Å². The molecular formula is C19H16N2O4S. The first-order valence-corrected chi connectivity index (χ1v) is 8.73. The number of hydrogen-bond donors (Lipinski definition) is 2. The Balaban J connectivity index is 1.61. The number of esters is 1. The Kier molecular flexibility index (Phi) is 5.28. The fourth-order valence-electron chi connectivity index (χ4n) is 2.19. The second-order valence-corrected chi connectivity index (χ2v) is 6.35. The maximum Gasteiger partial charge on any atom is 0.339 e. The summed E-state index contributed by atoms with van der Waals surface area (Å²) in [6.45, 7) is 1.47. The molecular weight excluding hydrogens is 352 g/mol. The first kappa shape index (κ1) is 17.6. The Morgan fingerprint density at radius 3 is 2.65 bits per heavy atom. The molecule has 1 unspecified atom stereocenters. The number of phenolic OH excluding ortho intramolecular Hbond substituents is 1. The molecule has 0 aliphatic heterocycles. The number of amides is 1. The Labute approximate surface area is 154 Å². The highest BCUT2D eigenvalue weighted by Gasteiger charge is 2.20. The maximum atomic E-state index is 12.2. The number of aromatic hydroxyl groups is 1. The van der Waals surface area contributed by atoms with E-state index in [1.54, 1.807) is 0 Å². The summed E-state index contributed by atoms with van der Waals surface area (Å²) in [5.41, 5.74) is 1.88. The molecule has 0 aliphatic carbocycles. The molecule has 0 saturated carbocycles. The number of aromatic nitrogens is 1. The van der Waals surface area contributed by atoms with Crippen LogP contribution in [0.1, 0.15) is 17.3 Å². The van der Waals surface area contributed by atoms with Crippen molar-refractivity contribution >= 4 is 28.3 Å². The van der Waals surface area contributed by atoms with E-state index in [0.717, 1.165) is 11.3 Å². The predicted molar refractivity (Wildman–Crippen MR) is 99.2 cm³/mol. The highest BCUT2D eigenvalue weighted by Crippen LogP contribution is 2.24. The first-order chi connectivity index (χ1) is 12.5. The van der Waals surface area contributed by atoms with Crippen LogP contribution < -0.4 is 5.32 Å². The molecule has 0 fully saturated rings. The molecule has 132 valence electrons. The number of carbonyl (C=O) groups excluding carboxylic acids is 2. The zero-order valence-corrected chi connectivity index (χ0v) is 14.7. The van der Waals surface area contributed by atoms with Crippen LogP contribution in [0.25, 0.3) is 11.3 Å². The number of carbonyl (C=O) groups is 2. The van der Waals surface area contributed by atoms with Gasteiger partial charge in [-0.2, -0.15) is 0 Å². The van der Waals surface area contributed by atoms with Gasteiger partial charge in [0, 0.05) is 10.9 Å². The van der Waals surface area contributed by atoms with Crippen LogP contribution in [0.3, 0.4) is 0 Å². The van der Waals surface area contributed by atoms with Gasteiger partial charge in [-0.15, -0.1) is 11.3 Å². The number of nitrogens with zero attached hydrogens (tertiary/aromatic N) is 1. The molecule has 1 heterocycles. The molecule has 0 saturated heterocycles. The van der Waals surface area contributed by atoms with E-state index in [9.17, 15) is 14.7 Å². The third-order valence-corrected chi connectivity index (χ3v) is 4.30.